The molecule has 0 bridgehead atoms. The molecule has 1 aliphatic heterocycles. The summed E-state index contributed by atoms with van der Waals surface area (Å²) in [7, 11) is 0. The number of hydrogen-bond donors (Lipinski definition) is 0. The third kappa shape index (κ3) is 2.83. The molecule has 1 aromatic rings. The zero-order valence-corrected chi connectivity index (χ0v) is 12.9. The van der Waals surface area contributed by atoms with Crippen molar-refractivity contribution in [3.8, 4) is 0 Å². The summed E-state index contributed by atoms with van der Waals surface area (Å²) in [5.41, 5.74) is 0.545. The van der Waals surface area contributed by atoms with Gasteiger partial charge in [0.25, 0.3) is 11.8 Å². The maximum Gasteiger partial charge on any atom is 0.260 e. The Bertz CT molecular complexity index is 459. The van der Waals surface area contributed by atoms with Gasteiger partial charge in [0.05, 0.1) is 0 Å². The first-order valence-electron chi connectivity index (χ1n) is 5.81. The summed E-state index contributed by atoms with van der Waals surface area (Å²) in [4.78, 5) is 25.9. The van der Waals surface area contributed by atoms with Gasteiger partial charge in [0, 0.05) is 12.1 Å². The average molecular weight is 375 g/mol. The minimum atomic E-state index is -0.805. The molecule has 0 atom stereocenters. The lowest BCUT2D eigenvalue weighted by molar-refractivity contribution is -0.128. The van der Waals surface area contributed by atoms with Crippen LogP contribution in [0.5, 0.6) is 0 Å². The number of hydrogen-bond acceptors (Lipinski definition) is 2. The Hall–Kier alpha value is -0.680. The van der Waals surface area contributed by atoms with E-state index in [-0.39, 0.29) is 11.8 Å². The van der Waals surface area contributed by atoms with Gasteiger partial charge in [-0.3, -0.25) is 14.5 Å². The molecule has 0 saturated carbocycles. The first-order chi connectivity index (χ1) is 8.52. The summed E-state index contributed by atoms with van der Waals surface area (Å²) < 4.78 is -0.805. The number of halogens is 2. The molecule has 3 nitrogen and oxygen atoms in total. The Kier molecular flexibility index (Phi) is 4.22. The van der Waals surface area contributed by atoms with E-state index in [0.29, 0.717) is 18.5 Å². The molecule has 0 spiro atoms. The molecule has 0 aliphatic carbocycles. The molecule has 1 fully saturated rings. The van der Waals surface area contributed by atoms with E-state index in [1.54, 1.807) is 24.3 Å². The summed E-state index contributed by atoms with van der Waals surface area (Å²) in [6.07, 6.45) is 2.43. The van der Waals surface area contributed by atoms with E-state index in [0.717, 1.165) is 12.8 Å². The topological polar surface area (TPSA) is 37.4 Å². The minimum Gasteiger partial charge on any atom is -0.277 e. The average Bonchev–Trinajstić information content (AvgIpc) is 2.50. The molecule has 0 unspecified atom stereocenters. The first kappa shape index (κ1) is 13.7. The molecule has 1 heterocycles. The van der Waals surface area contributed by atoms with Gasteiger partial charge < -0.3 is 0 Å². The largest absolute Gasteiger partial charge is 0.277 e. The van der Waals surface area contributed by atoms with Crippen molar-refractivity contribution in [1.29, 1.82) is 0 Å². The highest BCUT2D eigenvalue weighted by Crippen LogP contribution is 2.36. The van der Waals surface area contributed by atoms with Crippen LogP contribution in [0.1, 0.15) is 29.6 Å². The molecule has 1 aliphatic rings. The molecular formula is C13H13Br2NO2. The van der Waals surface area contributed by atoms with Crippen LogP contribution in [-0.4, -0.2) is 26.5 Å². The van der Waals surface area contributed by atoms with Crippen LogP contribution in [0.4, 0.5) is 0 Å². The highest BCUT2D eigenvalue weighted by molar-refractivity contribution is 9.25. The van der Waals surface area contributed by atoms with E-state index in [2.05, 4.69) is 31.9 Å². The van der Waals surface area contributed by atoms with Gasteiger partial charge in [-0.2, -0.15) is 0 Å². The van der Waals surface area contributed by atoms with E-state index in [4.69, 9.17) is 0 Å². The predicted octanol–water partition coefficient (Wildman–Crippen LogP) is 3.33. The third-order valence-electron chi connectivity index (χ3n) is 2.95. The van der Waals surface area contributed by atoms with Crippen LogP contribution in [0.25, 0.3) is 0 Å². The lowest BCUT2D eigenvalue weighted by atomic mass is 10.2. The van der Waals surface area contributed by atoms with Gasteiger partial charge in [-0.15, -0.1) is 0 Å². The Labute approximate surface area is 123 Å². The van der Waals surface area contributed by atoms with Gasteiger partial charge in [-0.25, -0.2) is 0 Å². The van der Waals surface area contributed by atoms with Crippen LogP contribution in [0, 0.1) is 0 Å². The molecule has 1 aromatic carbocycles. The Morgan fingerprint density at radius 1 is 1.17 bits per heavy atom. The van der Waals surface area contributed by atoms with Crippen LogP contribution in [0.2, 0.25) is 0 Å². The first-order valence-corrected chi connectivity index (χ1v) is 7.40. The van der Waals surface area contributed by atoms with E-state index in [1.165, 1.54) is 4.90 Å². The fourth-order valence-corrected chi connectivity index (χ4v) is 2.94. The van der Waals surface area contributed by atoms with Crippen LogP contribution in [-0.2, 0) is 4.79 Å². The zero-order chi connectivity index (χ0) is 13.2. The number of carbonyl (C=O) groups excluding carboxylic acids is 2. The van der Waals surface area contributed by atoms with Crippen LogP contribution in [0.15, 0.2) is 30.3 Å². The second-order valence-electron chi connectivity index (χ2n) is 4.29. The Balaban J connectivity index is 2.26. The fraction of sp³-hybridized carbons (Fsp3) is 0.385. The number of benzene rings is 1. The van der Waals surface area contributed by atoms with Crippen molar-refractivity contribution < 1.29 is 9.59 Å². The van der Waals surface area contributed by atoms with Gasteiger partial charge in [-0.05, 0) is 31.4 Å². The highest BCUT2D eigenvalue weighted by atomic mass is 79.9. The van der Waals surface area contributed by atoms with Crippen molar-refractivity contribution in [1.82, 2.24) is 4.90 Å². The predicted molar refractivity (Wildman–Crippen MR) is 76.9 cm³/mol. The minimum absolute atomic E-state index is 0.214. The van der Waals surface area contributed by atoms with Gasteiger partial charge in [0.1, 0.15) is 0 Å². The molecule has 0 aromatic heterocycles. The summed E-state index contributed by atoms with van der Waals surface area (Å²) >= 11 is 6.72. The van der Waals surface area contributed by atoms with Gasteiger partial charge in [0.15, 0.2) is 3.23 Å². The molecule has 5 heteroatoms. The van der Waals surface area contributed by atoms with E-state index in [1.807, 2.05) is 6.07 Å². The van der Waals surface area contributed by atoms with Crippen LogP contribution >= 0.6 is 31.9 Å². The number of alkyl halides is 2. The maximum atomic E-state index is 12.3. The normalized spacial score (nSPS) is 19.4. The van der Waals surface area contributed by atoms with Crippen LogP contribution < -0.4 is 0 Å². The summed E-state index contributed by atoms with van der Waals surface area (Å²) in [6, 6.07) is 8.89. The number of carbonyl (C=O) groups is 2. The fourth-order valence-electron chi connectivity index (χ4n) is 1.95. The van der Waals surface area contributed by atoms with Crippen molar-refractivity contribution >= 4 is 43.7 Å². The lowest BCUT2D eigenvalue weighted by Gasteiger charge is -2.24. The number of imide groups is 1. The van der Waals surface area contributed by atoms with Crippen molar-refractivity contribution in [3.63, 3.8) is 0 Å². The van der Waals surface area contributed by atoms with Crippen molar-refractivity contribution in [2.45, 2.75) is 22.5 Å². The Morgan fingerprint density at radius 3 is 2.50 bits per heavy atom. The molecule has 0 N–H and O–H groups in total. The summed E-state index contributed by atoms with van der Waals surface area (Å²) in [5.74, 6) is -0.445. The molecule has 2 rings (SSSR count). The lowest BCUT2D eigenvalue weighted by Crippen LogP contribution is -2.43. The highest BCUT2D eigenvalue weighted by Gasteiger charge is 2.40. The second-order valence-corrected chi connectivity index (χ2v) is 8.06. The standard InChI is InChI=1S/C13H13Br2NO2/c14-13(15)8-4-5-9-16(12(13)18)11(17)10-6-2-1-3-7-10/h1-3,6-7H,4-5,8-9H2. The molecule has 0 radical (unpaired) electrons. The quantitative estimate of drug-likeness (QED) is 0.558. The molecule has 18 heavy (non-hydrogen) atoms. The van der Waals surface area contributed by atoms with E-state index < -0.39 is 3.23 Å². The third-order valence-corrected chi connectivity index (χ3v) is 4.42. The van der Waals surface area contributed by atoms with Crippen molar-refractivity contribution in [2.24, 2.45) is 0 Å². The second kappa shape index (κ2) is 5.53. The molecule has 96 valence electrons. The van der Waals surface area contributed by atoms with Gasteiger partial charge in [0.2, 0.25) is 0 Å². The zero-order valence-electron chi connectivity index (χ0n) is 9.73. The number of likely N-dealkylation sites (tertiary alicyclic amines) is 1. The van der Waals surface area contributed by atoms with Gasteiger partial charge in [-0.1, -0.05) is 50.1 Å². The molecule has 1 saturated heterocycles. The maximum absolute atomic E-state index is 12.3. The smallest absolute Gasteiger partial charge is 0.260 e. The number of rotatable bonds is 1. The van der Waals surface area contributed by atoms with Crippen molar-refractivity contribution in [3.05, 3.63) is 35.9 Å². The number of nitrogens with zero attached hydrogens (tertiary/aromatic N) is 1. The Morgan fingerprint density at radius 2 is 1.83 bits per heavy atom. The SMILES string of the molecule is O=C(c1ccccc1)N1CCCCC(Br)(Br)C1=O. The van der Waals surface area contributed by atoms with Gasteiger partial charge >= 0.3 is 0 Å². The number of amides is 2. The summed E-state index contributed by atoms with van der Waals surface area (Å²) in [5, 5.41) is 0. The molecule has 2 amide bonds. The van der Waals surface area contributed by atoms with E-state index >= 15 is 0 Å². The summed E-state index contributed by atoms with van der Waals surface area (Å²) in [6.45, 7) is 0.478. The van der Waals surface area contributed by atoms with E-state index in [9.17, 15) is 9.59 Å². The van der Waals surface area contributed by atoms with Crippen molar-refractivity contribution in [2.75, 3.05) is 6.54 Å². The monoisotopic (exact) mass is 373 g/mol. The van der Waals surface area contributed by atoms with Crippen LogP contribution in [0.3, 0.4) is 0 Å². The molecular weight excluding hydrogens is 362 g/mol.